The van der Waals surface area contributed by atoms with Crippen LogP contribution in [0.2, 0.25) is 0 Å². The first kappa shape index (κ1) is 10.3. The molecule has 0 amide bonds. The standard InChI is InChI=1S/C12H17FN2/c13-10-4-1-5-11(12(10)14)15-8-2-3-9-6-7-9/h1,4-5,9,15H,2-3,6-8,14H2. The van der Waals surface area contributed by atoms with Crippen molar-refractivity contribution in [1.29, 1.82) is 0 Å². The van der Waals surface area contributed by atoms with E-state index in [1.807, 2.05) is 6.07 Å². The molecule has 1 saturated carbocycles. The van der Waals surface area contributed by atoms with Crippen molar-refractivity contribution in [3.63, 3.8) is 0 Å². The molecule has 1 aliphatic rings. The lowest BCUT2D eigenvalue weighted by atomic mass is 10.2. The van der Waals surface area contributed by atoms with Gasteiger partial charge in [-0.25, -0.2) is 4.39 Å². The number of nitrogens with two attached hydrogens (primary N) is 1. The Morgan fingerprint density at radius 3 is 2.93 bits per heavy atom. The second kappa shape index (κ2) is 4.51. The number of para-hydroxylation sites is 1. The van der Waals surface area contributed by atoms with Crippen molar-refractivity contribution >= 4 is 11.4 Å². The normalized spacial score (nSPS) is 15.3. The van der Waals surface area contributed by atoms with Crippen molar-refractivity contribution in [3.05, 3.63) is 24.0 Å². The van der Waals surface area contributed by atoms with Crippen LogP contribution >= 0.6 is 0 Å². The van der Waals surface area contributed by atoms with Gasteiger partial charge >= 0.3 is 0 Å². The van der Waals surface area contributed by atoms with Gasteiger partial charge in [0.2, 0.25) is 0 Å². The molecule has 0 aromatic heterocycles. The summed E-state index contributed by atoms with van der Waals surface area (Å²) in [5.41, 5.74) is 6.54. The van der Waals surface area contributed by atoms with E-state index in [4.69, 9.17) is 5.73 Å². The molecule has 2 nitrogen and oxygen atoms in total. The summed E-state index contributed by atoms with van der Waals surface area (Å²) in [6.45, 7) is 0.879. The van der Waals surface area contributed by atoms with Gasteiger partial charge in [-0.2, -0.15) is 0 Å². The highest BCUT2D eigenvalue weighted by Gasteiger charge is 2.19. The molecule has 0 atom stereocenters. The monoisotopic (exact) mass is 208 g/mol. The van der Waals surface area contributed by atoms with Crippen LogP contribution < -0.4 is 11.1 Å². The summed E-state index contributed by atoms with van der Waals surface area (Å²) >= 11 is 0. The molecule has 15 heavy (non-hydrogen) atoms. The van der Waals surface area contributed by atoms with E-state index in [0.717, 1.165) is 18.9 Å². The first-order chi connectivity index (χ1) is 7.27. The third-order valence-corrected chi connectivity index (χ3v) is 2.85. The Morgan fingerprint density at radius 1 is 1.40 bits per heavy atom. The van der Waals surface area contributed by atoms with Crippen molar-refractivity contribution in [2.45, 2.75) is 25.7 Å². The lowest BCUT2D eigenvalue weighted by Gasteiger charge is -2.09. The molecule has 2 rings (SSSR count). The highest BCUT2D eigenvalue weighted by Crippen LogP contribution is 2.33. The Morgan fingerprint density at radius 2 is 2.20 bits per heavy atom. The Balaban J connectivity index is 1.78. The Labute approximate surface area is 89.7 Å². The lowest BCUT2D eigenvalue weighted by molar-refractivity contribution is 0.632. The molecule has 0 spiro atoms. The maximum Gasteiger partial charge on any atom is 0.148 e. The van der Waals surface area contributed by atoms with E-state index in [1.165, 1.54) is 25.3 Å². The highest BCUT2D eigenvalue weighted by molar-refractivity contribution is 5.66. The Hall–Kier alpha value is -1.25. The van der Waals surface area contributed by atoms with Crippen LogP contribution in [-0.4, -0.2) is 6.54 Å². The van der Waals surface area contributed by atoms with Gasteiger partial charge in [0.15, 0.2) is 0 Å². The van der Waals surface area contributed by atoms with Crippen LogP contribution in [0.5, 0.6) is 0 Å². The minimum absolute atomic E-state index is 0.226. The molecule has 0 radical (unpaired) electrons. The molecule has 1 fully saturated rings. The summed E-state index contributed by atoms with van der Waals surface area (Å²) in [4.78, 5) is 0. The second-order valence-corrected chi connectivity index (χ2v) is 4.21. The minimum atomic E-state index is -0.345. The van der Waals surface area contributed by atoms with Crippen LogP contribution in [0.3, 0.4) is 0 Å². The summed E-state index contributed by atoms with van der Waals surface area (Å²) in [5.74, 6) is 0.610. The summed E-state index contributed by atoms with van der Waals surface area (Å²) in [5, 5.41) is 3.17. The molecule has 82 valence electrons. The first-order valence-corrected chi connectivity index (χ1v) is 5.55. The number of hydrogen-bond donors (Lipinski definition) is 2. The molecular weight excluding hydrogens is 191 g/mol. The fraction of sp³-hybridized carbons (Fsp3) is 0.500. The number of hydrogen-bond acceptors (Lipinski definition) is 2. The van der Waals surface area contributed by atoms with Crippen molar-refractivity contribution in [1.82, 2.24) is 0 Å². The molecular formula is C12H17FN2. The highest BCUT2D eigenvalue weighted by atomic mass is 19.1. The fourth-order valence-corrected chi connectivity index (χ4v) is 1.71. The second-order valence-electron chi connectivity index (χ2n) is 4.21. The molecule has 0 saturated heterocycles. The van der Waals surface area contributed by atoms with Crippen LogP contribution in [0.1, 0.15) is 25.7 Å². The van der Waals surface area contributed by atoms with Crippen LogP contribution in [0.4, 0.5) is 15.8 Å². The number of anilines is 2. The van der Waals surface area contributed by atoms with Gasteiger partial charge in [0.1, 0.15) is 5.82 Å². The minimum Gasteiger partial charge on any atom is -0.395 e. The maximum atomic E-state index is 13.1. The maximum absolute atomic E-state index is 13.1. The predicted molar refractivity (Wildman–Crippen MR) is 61.3 cm³/mol. The molecule has 1 aromatic rings. The largest absolute Gasteiger partial charge is 0.395 e. The number of nitrogen functional groups attached to an aromatic ring is 1. The predicted octanol–water partition coefficient (Wildman–Crippen LogP) is 3.01. The van der Waals surface area contributed by atoms with Crippen LogP contribution in [0.15, 0.2) is 18.2 Å². The average Bonchev–Trinajstić information content (AvgIpc) is 3.02. The number of benzene rings is 1. The molecule has 1 aromatic carbocycles. The zero-order valence-corrected chi connectivity index (χ0v) is 8.80. The Bertz CT molecular complexity index is 334. The number of rotatable bonds is 5. The van der Waals surface area contributed by atoms with E-state index >= 15 is 0 Å². The fourth-order valence-electron chi connectivity index (χ4n) is 1.71. The molecule has 3 N–H and O–H groups in total. The van der Waals surface area contributed by atoms with Crippen LogP contribution in [-0.2, 0) is 0 Å². The van der Waals surface area contributed by atoms with Gasteiger partial charge in [0, 0.05) is 6.54 Å². The quantitative estimate of drug-likeness (QED) is 0.576. The molecule has 0 aliphatic heterocycles. The zero-order valence-electron chi connectivity index (χ0n) is 8.80. The van der Waals surface area contributed by atoms with E-state index < -0.39 is 0 Å². The molecule has 3 heteroatoms. The van der Waals surface area contributed by atoms with Crippen LogP contribution in [0.25, 0.3) is 0 Å². The van der Waals surface area contributed by atoms with Gasteiger partial charge in [0.25, 0.3) is 0 Å². The summed E-state index contributed by atoms with van der Waals surface area (Å²) < 4.78 is 13.1. The van der Waals surface area contributed by atoms with Crippen LogP contribution in [0, 0.1) is 11.7 Å². The van der Waals surface area contributed by atoms with Gasteiger partial charge in [-0.3, -0.25) is 0 Å². The van der Waals surface area contributed by atoms with Crippen molar-refractivity contribution in [3.8, 4) is 0 Å². The number of halogens is 1. The van der Waals surface area contributed by atoms with E-state index in [1.54, 1.807) is 6.07 Å². The van der Waals surface area contributed by atoms with Crippen molar-refractivity contribution < 1.29 is 4.39 Å². The van der Waals surface area contributed by atoms with E-state index in [9.17, 15) is 4.39 Å². The smallest absolute Gasteiger partial charge is 0.148 e. The van der Waals surface area contributed by atoms with Gasteiger partial charge in [-0.15, -0.1) is 0 Å². The third-order valence-electron chi connectivity index (χ3n) is 2.85. The average molecular weight is 208 g/mol. The van der Waals surface area contributed by atoms with Gasteiger partial charge < -0.3 is 11.1 Å². The van der Waals surface area contributed by atoms with E-state index in [0.29, 0.717) is 5.69 Å². The summed E-state index contributed by atoms with van der Waals surface area (Å²) in [7, 11) is 0. The first-order valence-electron chi connectivity index (χ1n) is 5.55. The Kier molecular flexibility index (Phi) is 3.09. The van der Waals surface area contributed by atoms with E-state index in [-0.39, 0.29) is 11.5 Å². The lowest BCUT2D eigenvalue weighted by Crippen LogP contribution is -2.05. The third kappa shape index (κ3) is 2.85. The molecule has 0 heterocycles. The SMILES string of the molecule is Nc1c(F)cccc1NCCCC1CC1. The van der Waals surface area contributed by atoms with Gasteiger partial charge in [-0.05, 0) is 30.9 Å². The molecule has 0 unspecified atom stereocenters. The van der Waals surface area contributed by atoms with Gasteiger partial charge in [-0.1, -0.05) is 18.9 Å². The summed E-state index contributed by atoms with van der Waals surface area (Å²) in [6, 6.07) is 4.87. The number of nitrogens with one attached hydrogen (secondary N) is 1. The zero-order chi connectivity index (χ0) is 10.7. The molecule has 1 aliphatic carbocycles. The van der Waals surface area contributed by atoms with Gasteiger partial charge in [0.05, 0.1) is 11.4 Å². The molecule has 0 bridgehead atoms. The summed E-state index contributed by atoms with van der Waals surface area (Å²) in [6.07, 6.45) is 5.20. The van der Waals surface area contributed by atoms with E-state index in [2.05, 4.69) is 5.32 Å². The van der Waals surface area contributed by atoms with Crippen molar-refractivity contribution in [2.75, 3.05) is 17.6 Å². The van der Waals surface area contributed by atoms with Crippen molar-refractivity contribution in [2.24, 2.45) is 5.92 Å². The topological polar surface area (TPSA) is 38.0 Å².